The topological polar surface area (TPSA) is 66.4 Å². The maximum absolute atomic E-state index is 11.0. The zero-order valence-corrected chi connectivity index (χ0v) is 11.8. The molecule has 0 spiro atoms. The van der Waals surface area contributed by atoms with E-state index in [4.69, 9.17) is 5.11 Å². The van der Waals surface area contributed by atoms with E-state index in [9.17, 15) is 9.59 Å². The van der Waals surface area contributed by atoms with Crippen molar-refractivity contribution in [3.05, 3.63) is 59.7 Å². The van der Waals surface area contributed by atoms with Gasteiger partial charge in [-0.05, 0) is 35.2 Å². The molecule has 2 N–H and O–H groups in total. The lowest BCUT2D eigenvalue weighted by molar-refractivity contribution is -0.118. The summed E-state index contributed by atoms with van der Waals surface area (Å²) in [5.74, 6) is -0.958. The Labute approximate surface area is 123 Å². The lowest BCUT2D eigenvalue weighted by Crippen LogP contribution is -2.22. The molecule has 4 heteroatoms. The summed E-state index contributed by atoms with van der Waals surface area (Å²) >= 11 is 0. The van der Waals surface area contributed by atoms with Gasteiger partial charge >= 0.3 is 5.97 Å². The maximum atomic E-state index is 11.0. The smallest absolute Gasteiger partial charge is 0.335 e. The Morgan fingerprint density at radius 2 is 1.76 bits per heavy atom. The molecule has 0 saturated heterocycles. The Hall–Kier alpha value is -2.62. The Morgan fingerprint density at radius 3 is 2.38 bits per heavy atom. The van der Waals surface area contributed by atoms with E-state index in [0.29, 0.717) is 6.54 Å². The predicted octanol–water partition coefficient (Wildman–Crippen LogP) is 2.73. The van der Waals surface area contributed by atoms with Crippen LogP contribution in [0.1, 0.15) is 22.8 Å². The average Bonchev–Trinajstić information content (AvgIpc) is 2.48. The van der Waals surface area contributed by atoms with Crippen molar-refractivity contribution in [2.45, 2.75) is 13.3 Å². The van der Waals surface area contributed by atoms with Crippen LogP contribution in [0.25, 0.3) is 11.1 Å². The summed E-state index contributed by atoms with van der Waals surface area (Å²) in [5.41, 5.74) is 3.26. The first kappa shape index (κ1) is 14.8. The Bertz CT molecular complexity index is 647. The molecule has 0 aromatic heterocycles. The highest BCUT2D eigenvalue weighted by atomic mass is 16.4. The van der Waals surface area contributed by atoms with Crippen LogP contribution in [-0.4, -0.2) is 23.5 Å². The largest absolute Gasteiger partial charge is 0.478 e. The number of rotatable bonds is 5. The van der Waals surface area contributed by atoms with Crippen LogP contribution in [0.4, 0.5) is 0 Å². The summed E-state index contributed by atoms with van der Waals surface area (Å²) in [6.07, 6.45) is 0.773. The Kier molecular flexibility index (Phi) is 4.72. The van der Waals surface area contributed by atoms with E-state index in [2.05, 4.69) is 5.32 Å². The van der Waals surface area contributed by atoms with Crippen LogP contribution in [0.15, 0.2) is 48.5 Å². The summed E-state index contributed by atoms with van der Waals surface area (Å²) in [4.78, 5) is 21.8. The van der Waals surface area contributed by atoms with Crippen LogP contribution in [0.5, 0.6) is 0 Å². The number of carbonyl (C=O) groups excluding carboxylic acids is 1. The van der Waals surface area contributed by atoms with Crippen LogP contribution in [-0.2, 0) is 11.2 Å². The molecule has 0 radical (unpaired) electrons. The number of amides is 1. The third kappa shape index (κ3) is 4.18. The molecule has 0 atom stereocenters. The SMILES string of the molecule is CC(=O)NCCc1ccc(-c2cccc(C(=O)O)c2)cc1. The van der Waals surface area contributed by atoms with E-state index in [1.54, 1.807) is 18.2 Å². The number of hydrogen-bond acceptors (Lipinski definition) is 2. The first-order valence-corrected chi connectivity index (χ1v) is 6.73. The number of hydrogen-bond donors (Lipinski definition) is 2. The van der Waals surface area contributed by atoms with Gasteiger partial charge in [0, 0.05) is 13.5 Å². The second-order valence-corrected chi connectivity index (χ2v) is 4.82. The minimum atomic E-state index is -0.927. The Morgan fingerprint density at radius 1 is 1.05 bits per heavy atom. The van der Waals surface area contributed by atoms with Gasteiger partial charge < -0.3 is 10.4 Å². The molecule has 0 aliphatic rings. The van der Waals surface area contributed by atoms with Crippen molar-refractivity contribution in [2.24, 2.45) is 0 Å². The van der Waals surface area contributed by atoms with Crippen LogP contribution >= 0.6 is 0 Å². The van der Waals surface area contributed by atoms with Crippen molar-refractivity contribution in [3.63, 3.8) is 0 Å². The second-order valence-electron chi connectivity index (χ2n) is 4.82. The third-order valence-electron chi connectivity index (χ3n) is 3.18. The van der Waals surface area contributed by atoms with Crippen LogP contribution in [0, 0.1) is 0 Å². The van der Waals surface area contributed by atoms with Gasteiger partial charge in [-0.1, -0.05) is 36.4 Å². The number of aromatic carboxylic acids is 1. The maximum Gasteiger partial charge on any atom is 0.335 e. The minimum absolute atomic E-state index is 0.0305. The quantitative estimate of drug-likeness (QED) is 0.886. The summed E-state index contributed by atoms with van der Waals surface area (Å²) in [6, 6.07) is 14.8. The highest BCUT2D eigenvalue weighted by Gasteiger charge is 2.04. The van der Waals surface area contributed by atoms with E-state index in [1.807, 2.05) is 30.3 Å². The molecule has 1 amide bonds. The van der Waals surface area contributed by atoms with Crippen molar-refractivity contribution >= 4 is 11.9 Å². The van der Waals surface area contributed by atoms with Gasteiger partial charge in [0.15, 0.2) is 0 Å². The van der Waals surface area contributed by atoms with Crippen LogP contribution in [0.3, 0.4) is 0 Å². The predicted molar refractivity (Wildman–Crippen MR) is 81.2 cm³/mol. The van der Waals surface area contributed by atoms with Crippen molar-refractivity contribution in [1.82, 2.24) is 5.32 Å². The van der Waals surface area contributed by atoms with Crippen LogP contribution < -0.4 is 5.32 Å². The molecule has 2 aromatic carbocycles. The molecule has 21 heavy (non-hydrogen) atoms. The molecule has 0 bridgehead atoms. The van der Waals surface area contributed by atoms with Crippen molar-refractivity contribution in [1.29, 1.82) is 0 Å². The Balaban J connectivity index is 2.09. The third-order valence-corrected chi connectivity index (χ3v) is 3.18. The molecule has 4 nitrogen and oxygen atoms in total. The number of nitrogens with one attached hydrogen (secondary N) is 1. The number of benzene rings is 2. The molecule has 2 aromatic rings. The molecule has 0 saturated carbocycles. The van der Waals surface area contributed by atoms with Gasteiger partial charge in [-0.3, -0.25) is 4.79 Å². The number of carbonyl (C=O) groups is 2. The lowest BCUT2D eigenvalue weighted by atomic mass is 10.0. The van der Waals surface area contributed by atoms with E-state index in [1.165, 1.54) is 6.92 Å². The van der Waals surface area contributed by atoms with Crippen molar-refractivity contribution in [3.8, 4) is 11.1 Å². The summed E-state index contributed by atoms with van der Waals surface area (Å²) in [6.45, 7) is 2.11. The van der Waals surface area contributed by atoms with E-state index < -0.39 is 5.97 Å². The zero-order chi connectivity index (χ0) is 15.2. The molecule has 0 fully saturated rings. The first-order valence-electron chi connectivity index (χ1n) is 6.73. The molecule has 2 rings (SSSR count). The summed E-state index contributed by atoms with van der Waals surface area (Å²) in [7, 11) is 0. The first-order chi connectivity index (χ1) is 10.1. The van der Waals surface area contributed by atoms with E-state index in [0.717, 1.165) is 23.1 Å². The highest BCUT2D eigenvalue weighted by Crippen LogP contribution is 2.21. The van der Waals surface area contributed by atoms with Crippen LogP contribution in [0.2, 0.25) is 0 Å². The molecule has 0 unspecified atom stereocenters. The highest BCUT2D eigenvalue weighted by molar-refractivity contribution is 5.89. The summed E-state index contributed by atoms with van der Waals surface area (Å²) < 4.78 is 0. The van der Waals surface area contributed by atoms with Gasteiger partial charge in [-0.2, -0.15) is 0 Å². The fourth-order valence-electron chi connectivity index (χ4n) is 2.08. The normalized spacial score (nSPS) is 10.1. The minimum Gasteiger partial charge on any atom is -0.478 e. The second kappa shape index (κ2) is 6.70. The molecular weight excluding hydrogens is 266 g/mol. The van der Waals surface area contributed by atoms with Gasteiger partial charge in [-0.25, -0.2) is 4.79 Å². The van der Waals surface area contributed by atoms with Crippen molar-refractivity contribution in [2.75, 3.05) is 6.54 Å². The molecule has 0 heterocycles. The molecule has 108 valence electrons. The van der Waals surface area contributed by atoms with Gasteiger partial charge in [0.05, 0.1) is 5.56 Å². The van der Waals surface area contributed by atoms with Gasteiger partial charge in [-0.15, -0.1) is 0 Å². The fraction of sp³-hybridized carbons (Fsp3) is 0.176. The zero-order valence-electron chi connectivity index (χ0n) is 11.8. The van der Waals surface area contributed by atoms with E-state index >= 15 is 0 Å². The monoisotopic (exact) mass is 283 g/mol. The van der Waals surface area contributed by atoms with Crippen molar-refractivity contribution < 1.29 is 14.7 Å². The van der Waals surface area contributed by atoms with Gasteiger partial charge in [0.1, 0.15) is 0 Å². The van der Waals surface area contributed by atoms with Gasteiger partial charge in [0.25, 0.3) is 0 Å². The summed E-state index contributed by atoms with van der Waals surface area (Å²) in [5, 5.41) is 11.8. The van der Waals surface area contributed by atoms with Gasteiger partial charge in [0.2, 0.25) is 5.91 Å². The number of carboxylic acid groups (broad SMARTS) is 1. The van der Waals surface area contributed by atoms with E-state index in [-0.39, 0.29) is 11.5 Å². The average molecular weight is 283 g/mol. The fourth-order valence-corrected chi connectivity index (χ4v) is 2.08. The standard InChI is InChI=1S/C17H17NO3/c1-12(19)18-10-9-13-5-7-14(8-6-13)15-3-2-4-16(11-15)17(20)21/h2-8,11H,9-10H2,1H3,(H,18,19)(H,20,21). The lowest BCUT2D eigenvalue weighted by Gasteiger charge is -2.06. The number of carboxylic acids is 1. The molecule has 0 aliphatic carbocycles. The molecule has 0 aliphatic heterocycles. The molecular formula is C17H17NO3.